The van der Waals surface area contributed by atoms with Gasteiger partial charge in [-0.3, -0.25) is 9.59 Å². The number of nitrogens with one attached hydrogen (secondary N) is 2. The molecule has 2 rings (SSSR count). The lowest BCUT2D eigenvalue weighted by molar-refractivity contribution is -0.918. The molecule has 1 heterocycles. The number of carbonyl (C=O) groups is 2. The lowest BCUT2D eigenvalue weighted by Crippen LogP contribution is -3.19. The minimum absolute atomic E-state index is 0.0180. The van der Waals surface area contributed by atoms with Crippen LogP contribution in [0.15, 0.2) is 24.3 Å². The van der Waals surface area contributed by atoms with E-state index in [0.29, 0.717) is 19.6 Å². The Bertz CT molecular complexity index is 525. The Morgan fingerprint density at radius 1 is 1.27 bits per heavy atom. The number of rotatable bonds is 4. The molecule has 1 atom stereocenters. The molecule has 1 aliphatic heterocycles. The van der Waals surface area contributed by atoms with Crippen molar-refractivity contribution in [2.75, 3.05) is 26.2 Å². The molecule has 0 aliphatic carbocycles. The fraction of sp³-hybridized carbons (Fsp3) is 0.500. The molecule has 1 aromatic carbocycles. The molecule has 0 unspecified atom stereocenters. The standard InChI is InChI=1S/C16H22FN3O2/c1-12(19-7-9-20(10-8-19)13(2)21)16(22)18-11-14-3-5-15(17)6-4-14/h3-6,12H,7-11H2,1-2H3,(H,18,22)/p+1/t12-/m0/s1. The van der Waals surface area contributed by atoms with Crippen molar-refractivity contribution in [2.45, 2.75) is 26.4 Å². The molecule has 22 heavy (non-hydrogen) atoms. The van der Waals surface area contributed by atoms with Gasteiger partial charge in [0.05, 0.1) is 26.2 Å². The van der Waals surface area contributed by atoms with Crippen molar-refractivity contribution in [3.8, 4) is 0 Å². The summed E-state index contributed by atoms with van der Waals surface area (Å²) in [7, 11) is 0. The molecule has 2 N–H and O–H groups in total. The molecule has 0 bridgehead atoms. The molecule has 1 aliphatic rings. The van der Waals surface area contributed by atoms with Gasteiger partial charge in [-0.25, -0.2) is 4.39 Å². The van der Waals surface area contributed by atoms with Gasteiger partial charge in [0.2, 0.25) is 5.91 Å². The fourth-order valence-corrected chi connectivity index (χ4v) is 2.67. The maximum Gasteiger partial charge on any atom is 0.278 e. The summed E-state index contributed by atoms with van der Waals surface area (Å²) in [4.78, 5) is 26.5. The molecule has 0 aromatic heterocycles. The summed E-state index contributed by atoms with van der Waals surface area (Å²) in [6.07, 6.45) is 0. The lowest BCUT2D eigenvalue weighted by atomic mass is 10.2. The Morgan fingerprint density at radius 2 is 1.86 bits per heavy atom. The second-order valence-corrected chi connectivity index (χ2v) is 5.73. The van der Waals surface area contributed by atoms with Crippen LogP contribution in [0.1, 0.15) is 19.4 Å². The number of quaternary nitrogens is 1. The van der Waals surface area contributed by atoms with Gasteiger partial charge >= 0.3 is 0 Å². The first-order chi connectivity index (χ1) is 10.5. The first kappa shape index (κ1) is 16.4. The van der Waals surface area contributed by atoms with E-state index in [1.165, 1.54) is 17.0 Å². The van der Waals surface area contributed by atoms with Gasteiger partial charge in [-0.05, 0) is 24.6 Å². The SMILES string of the molecule is CC(=O)N1CC[NH+]([C@@H](C)C(=O)NCc2ccc(F)cc2)CC1. The highest BCUT2D eigenvalue weighted by molar-refractivity contribution is 5.80. The number of carbonyl (C=O) groups excluding carboxylic acids is 2. The van der Waals surface area contributed by atoms with Crippen LogP contribution in [0.4, 0.5) is 4.39 Å². The second kappa shape index (κ2) is 7.35. The van der Waals surface area contributed by atoms with Crippen LogP contribution in [0.5, 0.6) is 0 Å². The van der Waals surface area contributed by atoms with Gasteiger partial charge < -0.3 is 15.1 Å². The summed E-state index contributed by atoms with van der Waals surface area (Å²) in [5.74, 6) is -0.209. The Balaban J connectivity index is 1.80. The Labute approximate surface area is 130 Å². The van der Waals surface area contributed by atoms with Crippen molar-refractivity contribution < 1.29 is 18.9 Å². The van der Waals surface area contributed by atoms with Crippen LogP contribution in [0.3, 0.4) is 0 Å². The molecule has 6 heteroatoms. The largest absolute Gasteiger partial charge is 0.347 e. The first-order valence-electron chi connectivity index (χ1n) is 7.59. The van der Waals surface area contributed by atoms with Crippen LogP contribution in [0.25, 0.3) is 0 Å². The minimum Gasteiger partial charge on any atom is -0.347 e. The van der Waals surface area contributed by atoms with E-state index in [4.69, 9.17) is 0 Å². The molecule has 1 saturated heterocycles. The topological polar surface area (TPSA) is 53.9 Å². The van der Waals surface area contributed by atoms with E-state index in [1.807, 2.05) is 11.8 Å². The number of hydrogen-bond donors (Lipinski definition) is 2. The fourth-order valence-electron chi connectivity index (χ4n) is 2.67. The summed E-state index contributed by atoms with van der Waals surface area (Å²) >= 11 is 0. The maximum absolute atomic E-state index is 12.8. The van der Waals surface area contributed by atoms with Gasteiger partial charge in [0.15, 0.2) is 6.04 Å². The van der Waals surface area contributed by atoms with Crippen LogP contribution in [0, 0.1) is 5.82 Å². The van der Waals surface area contributed by atoms with Crippen molar-refractivity contribution >= 4 is 11.8 Å². The zero-order valence-corrected chi connectivity index (χ0v) is 13.1. The van der Waals surface area contributed by atoms with Gasteiger partial charge in [-0.2, -0.15) is 0 Å². The van der Waals surface area contributed by atoms with Crippen molar-refractivity contribution in [2.24, 2.45) is 0 Å². The molecule has 1 fully saturated rings. The first-order valence-corrected chi connectivity index (χ1v) is 7.59. The van der Waals surface area contributed by atoms with Gasteiger partial charge in [-0.15, -0.1) is 0 Å². The van der Waals surface area contributed by atoms with Crippen LogP contribution in [0.2, 0.25) is 0 Å². The molecular formula is C16H23FN3O2+. The highest BCUT2D eigenvalue weighted by Crippen LogP contribution is 2.02. The number of hydrogen-bond acceptors (Lipinski definition) is 2. The summed E-state index contributed by atoms with van der Waals surface area (Å²) in [6.45, 7) is 6.83. The average molecular weight is 308 g/mol. The predicted molar refractivity (Wildman–Crippen MR) is 80.7 cm³/mol. The highest BCUT2D eigenvalue weighted by Gasteiger charge is 2.29. The Hall–Kier alpha value is -1.95. The zero-order chi connectivity index (χ0) is 16.1. The second-order valence-electron chi connectivity index (χ2n) is 5.73. The summed E-state index contributed by atoms with van der Waals surface area (Å²) in [5.41, 5.74) is 0.873. The third-order valence-corrected chi connectivity index (χ3v) is 4.24. The van der Waals surface area contributed by atoms with E-state index in [1.54, 1.807) is 19.1 Å². The van der Waals surface area contributed by atoms with Crippen molar-refractivity contribution in [1.29, 1.82) is 0 Å². The average Bonchev–Trinajstić information content (AvgIpc) is 2.53. The van der Waals surface area contributed by atoms with Crippen molar-refractivity contribution in [3.63, 3.8) is 0 Å². The number of amides is 2. The zero-order valence-electron chi connectivity index (χ0n) is 13.1. The summed E-state index contributed by atoms with van der Waals surface area (Å²) in [5, 5.41) is 2.89. The predicted octanol–water partition coefficient (Wildman–Crippen LogP) is -0.423. The molecule has 0 radical (unpaired) electrons. The molecule has 0 saturated carbocycles. The van der Waals surface area contributed by atoms with Crippen molar-refractivity contribution in [3.05, 3.63) is 35.6 Å². The minimum atomic E-state index is -0.281. The smallest absolute Gasteiger partial charge is 0.278 e. The highest BCUT2D eigenvalue weighted by atomic mass is 19.1. The molecule has 0 spiro atoms. The normalized spacial score (nSPS) is 17.1. The third kappa shape index (κ3) is 4.27. The molecule has 1 aromatic rings. The van der Waals surface area contributed by atoms with E-state index >= 15 is 0 Å². The van der Waals surface area contributed by atoms with E-state index in [2.05, 4.69) is 5.32 Å². The molecule has 5 nitrogen and oxygen atoms in total. The molecule has 120 valence electrons. The third-order valence-electron chi connectivity index (χ3n) is 4.24. The number of halogens is 1. The van der Waals surface area contributed by atoms with Gasteiger partial charge in [-0.1, -0.05) is 12.1 Å². The molecule has 2 amide bonds. The van der Waals surface area contributed by atoms with E-state index in [-0.39, 0.29) is 23.7 Å². The van der Waals surface area contributed by atoms with Crippen LogP contribution in [-0.2, 0) is 16.1 Å². The molecular weight excluding hydrogens is 285 g/mol. The Morgan fingerprint density at radius 3 is 2.41 bits per heavy atom. The Kier molecular flexibility index (Phi) is 5.49. The quantitative estimate of drug-likeness (QED) is 0.794. The number of nitrogens with zero attached hydrogens (tertiary/aromatic N) is 1. The van der Waals surface area contributed by atoms with E-state index in [9.17, 15) is 14.0 Å². The van der Waals surface area contributed by atoms with E-state index < -0.39 is 0 Å². The monoisotopic (exact) mass is 308 g/mol. The number of piperazine rings is 1. The van der Waals surface area contributed by atoms with Gasteiger partial charge in [0.1, 0.15) is 5.82 Å². The van der Waals surface area contributed by atoms with Crippen LogP contribution in [-0.4, -0.2) is 48.9 Å². The van der Waals surface area contributed by atoms with Crippen LogP contribution < -0.4 is 10.2 Å². The van der Waals surface area contributed by atoms with Crippen LogP contribution >= 0.6 is 0 Å². The van der Waals surface area contributed by atoms with Gasteiger partial charge in [0.25, 0.3) is 5.91 Å². The summed E-state index contributed by atoms with van der Waals surface area (Å²) < 4.78 is 12.8. The lowest BCUT2D eigenvalue weighted by Gasteiger charge is -2.34. The van der Waals surface area contributed by atoms with E-state index in [0.717, 1.165) is 18.7 Å². The van der Waals surface area contributed by atoms with Gasteiger partial charge in [0, 0.05) is 13.5 Å². The maximum atomic E-state index is 12.8. The van der Waals surface area contributed by atoms with Crippen molar-refractivity contribution in [1.82, 2.24) is 10.2 Å². The summed E-state index contributed by atoms with van der Waals surface area (Å²) in [6, 6.07) is 5.95. The number of benzene rings is 1.